The van der Waals surface area contributed by atoms with Crippen molar-refractivity contribution in [1.29, 1.82) is 0 Å². The summed E-state index contributed by atoms with van der Waals surface area (Å²) in [5, 5.41) is 5.25. The first-order valence-electron chi connectivity index (χ1n) is 10.6. The second kappa shape index (κ2) is 10.3. The topological polar surface area (TPSA) is 64.0 Å². The lowest BCUT2D eigenvalue weighted by Gasteiger charge is -2.16. The third kappa shape index (κ3) is 5.51. The molecule has 4 aromatic rings. The van der Waals surface area contributed by atoms with Gasteiger partial charge in [0.15, 0.2) is 5.16 Å². The van der Waals surface area contributed by atoms with Crippen LogP contribution in [-0.4, -0.2) is 27.3 Å². The summed E-state index contributed by atoms with van der Waals surface area (Å²) in [7, 11) is 0. The Kier molecular flexibility index (Phi) is 7.25. The Hall–Kier alpha value is -2.97. The number of hydrogen-bond donors (Lipinski definition) is 1. The average Bonchev–Trinajstić information content (AvgIpc) is 3.27. The van der Waals surface area contributed by atoms with Crippen LogP contribution in [0.25, 0.3) is 15.9 Å². The second-order valence-electron chi connectivity index (χ2n) is 7.88. The van der Waals surface area contributed by atoms with Gasteiger partial charge in [-0.15, -0.1) is 11.3 Å². The molecule has 0 aliphatic rings. The summed E-state index contributed by atoms with van der Waals surface area (Å²) in [6.07, 6.45) is 1.72. The molecule has 0 aliphatic heterocycles. The zero-order chi connectivity index (χ0) is 23.4. The standard InChI is InChI=1S/C25H24FN3O2S2/c1-16-14-19(26)10-11-21(16)29-24(31)23-20(12-13-32-23)28-25(29)33-15-22(30)27-17(2)8-9-18-6-4-3-5-7-18/h3-7,10-14,17H,8-9,15H2,1-2H3,(H,27,30)/t17-/m0/s1. The fourth-order valence-electron chi connectivity index (χ4n) is 3.62. The first-order valence-corrected chi connectivity index (χ1v) is 12.5. The van der Waals surface area contributed by atoms with Crippen LogP contribution in [-0.2, 0) is 11.2 Å². The van der Waals surface area contributed by atoms with Crippen molar-refractivity contribution in [3.8, 4) is 5.69 Å². The minimum absolute atomic E-state index is 0.0205. The zero-order valence-corrected chi connectivity index (χ0v) is 20.0. The molecule has 170 valence electrons. The molecule has 0 fully saturated rings. The Balaban J connectivity index is 1.50. The fraction of sp³-hybridized carbons (Fsp3) is 0.240. The highest BCUT2D eigenvalue weighted by Crippen LogP contribution is 2.25. The fourth-order valence-corrected chi connectivity index (χ4v) is 5.19. The molecule has 33 heavy (non-hydrogen) atoms. The average molecular weight is 482 g/mol. The number of rotatable bonds is 8. The highest BCUT2D eigenvalue weighted by Gasteiger charge is 2.18. The first-order chi connectivity index (χ1) is 15.9. The molecule has 2 aromatic heterocycles. The predicted octanol–water partition coefficient (Wildman–Crippen LogP) is 5.12. The minimum atomic E-state index is -0.368. The van der Waals surface area contributed by atoms with E-state index in [0.717, 1.165) is 12.8 Å². The maximum atomic E-state index is 13.7. The van der Waals surface area contributed by atoms with Gasteiger partial charge in [0.05, 0.1) is 17.0 Å². The van der Waals surface area contributed by atoms with Crippen LogP contribution in [0.1, 0.15) is 24.5 Å². The van der Waals surface area contributed by atoms with Crippen LogP contribution in [0.3, 0.4) is 0 Å². The number of thioether (sulfide) groups is 1. The van der Waals surface area contributed by atoms with Crippen molar-refractivity contribution < 1.29 is 9.18 Å². The third-order valence-electron chi connectivity index (χ3n) is 5.30. The van der Waals surface area contributed by atoms with Gasteiger partial charge in [0, 0.05) is 6.04 Å². The second-order valence-corrected chi connectivity index (χ2v) is 9.74. The molecule has 5 nitrogen and oxygen atoms in total. The lowest BCUT2D eigenvalue weighted by molar-refractivity contribution is -0.119. The van der Waals surface area contributed by atoms with Crippen molar-refractivity contribution in [3.63, 3.8) is 0 Å². The molecule has 0 saturated carbocycles. The van der Waals surface area contributed by atoms with Crippen LogP contribution in [0.4, 0.5) is 4.39 Å². The van der Waals surface area contributed by atoms with Gasteiger partial charge in [0.25, 0.3) is 5.56 Å². The maximum absolute atomic E-state index is 13.7. The SMILES string of the molecule is Cc1cc(F)ccc1-n1c(SCC(=O)N[C@@H](C)CCc2ccccc2)nc2ccsc2c1=O. The number of hydrogen-bond acceptors (Lipinski definition) is 5. The molecule has 0 saturated heterocycles. The molecule has 0 spiro atoms. The third-order valence-corrected chi connectivity index (χ3v) is 7.13. The van der Waals surface area contributed by atoms with E-state index in [1.54, 1.807) is 19.1 Å². The van der Waals surface area contributed by atoms with Crippen molar-refractivity contribution in [1.82, 2.24) is 14.9 Å². The van der Waals surface area contributed by atoms with Gasteiger partial charge in [0.1, 0.15) is 10.5 Å². The summed E-state index contributed by atoms with van der Waals surface area (Å²) < 4.78 is 15.7. The number of nitrogens with zero attached hydrogens (tertiary/aromatic N) is 2. The summed E-state index contributed by atoms with van der Waals surface area (Å²) in [4.78, 5) is 30.4. The van der Waals surface area contributed by atoms with Crippen molar-refractivity contribution in [3.05, 3.63) is 87.3 Å². The van der Waals surface area contributed by atoms with Gasteiger partial charge in [0.2, 0.25) is 5.91 Å². The number of carbonyl (C=O) groups is 1. The Morgan fingerprint density at radius 2 is 2.00 bits per heavy atom. The zero-order valence-electron chi connectivity index (χ0n) is 18.4. The molecule has 0 bridgehead atoms. The number of benzene rings is 2. The number of halogens is 1. The van der Waals surface area contributed by atoms with Gasteiger partial charge >= 0.3 is 0 Å². The van der Waals surface area contributed by atoms with Gasteiger partial charge < -0.3 is 5.32 Å². The quantitative estimate of drug-likeness (QED) is 0.280. The summed E-state index contributed by atoms with van der Waals surface area (Å²) in [5.41, 5.74) is 2.79. The molecule has 1 amide bonds. The number of carbonyl (C=O) groups excluding carboxylic acids is 1. The Labute approximate surface area is 199 Å². The van der Waals surface area contributed by atoms with E-state index in [9.17, 15) is 14.0 Å². The van der Waals surface area contributed by atoms with E-state index in [-0.39, 0.29) is 29.1 Å². The van der Waals surface area contributed by atoms with Crippen molar-refractivity contribution in [2.75, 3.05) is 5.75 Å². The predicted molar refractivity (Wildman–Crippen MR) is 133 cm³/mol. The van der Waals surface area contributed by atoms with Crippen LogP contribution in [0.5, 0.6) is 0 Å². The molecule has 4 rings (SSSR count). The highest BCUT2D eigenvalue weighted by atomic mass is 32.2. The van der Waals surface area contributed by atoms with E-state index < -0.39 is 0 Å². The Morgan fingerprint density at radius 3 is 2.76 bits per heavy atom. The van der Waals surface area contributed by atoms with Crippen LogP contribution < -0.4 is 10.9 Å². The molecule has 8 heteroatoms. The molecular formula is C25H24FN3O2S2. The van der Waals surface area contributed by atoms with Crippen LogP contribution in [0.15, 0.2) is 69.9 Å². The highest BCUT2D eigenvalue weighted by molar-refractivity contribution is 7.99. The summed E-state index contributed by atoms with van der Waals surface area (Å²) in [5.74, 6) is -0.368. The van der Waals surface area contributed by atoms with E-state index >= 15 is 0 Å². The van der Waals surface area contributed by atoms with Crippen LogP contribution >= 0.6 is 23.1 Å². The van der Waals surface area contributed by atoms with Crippen LogP contribution in [0.2, 0.25) is 0 Å². The summed E-state index contributed by atoms with van der Waals surface area (Å²) in [6.45, 7) is 3.73. The number of amides is 1. The molecule has 2 aromatic carbocycles. The largest absolute Gasteiger partial charge is 0.353 e. The van der Waals surface area contributed by atoms with E-state index in [2.05, 4.69) is 22.4 Å². The number of nitrogens with one attached hydrogen (secondary N) is 1. The molecule has 1 N–H and O–H groups in total. The number of fused-ring (bicyclic) bond motifs is 1. The lowest BCUT2D eigenvalue weighted by Crippen LogP contribution is -2.34. The van der Waals surface area contributed by atoms with E-state index in [4.69, 9.17) is 0 Å². The number of thiophene rings is 1. The molecule has 1 atom stereocenters. The lowest BCUT2D eigenvalue weighted by atomic mass is 10.1. The van der Waals surface area contributed by atoms with Gasteiger partial charge in [-0.3, -0.25) is 14.2 Å². The Morgan fingerprint density at radius 1 is 1.21 bits per heavy atom. The number of aromatic nitrogens is 2. The van der Waals surface area contributed by atoms with Crippen LogP contribution in [0, 0.1) is 12.7 Å². The van der Waals surface area contributed by atoms with Gasteiger partial charge in [-0.25, -0.2) is 9.37 Å². The number of aryl methyl sites for hydroxylation is 2. The van der Waals surface area contributed by atoms with Gasteiger partial charge in [-0.1, -0.05) is 42.1 Å². The molecule has 0 radical (unpaired) electrons. The van der Waals surface area contributed by atoms with Gasteiger partial charge in [-0.2, -0.15) is 0 Å². The Bertz CT molecular complexity index is 1330. The van der Waals surface area contributed by atoms with E-state index in [1.165, 1.54) is 45.4 Å². The maximum Gasteiger partial charge on any atom is 0.276 e. The monoisotopic (exact) mass is 481 g/mol. The molecule has 2 heterocycles. The van der Waals surface area contributed by atoms with E-state index in [0.29, 0.717) is 26.6 Å². The van der Waals surface area contributed by atoms with Crippen molar-refractivity contribution in [2.24, 2.45) is 0 Å². The molecule has 0 unspecified atom stereocenters. The normalized spacial score (nSPS) is 12.1. The van der Waals surface area contributed by atoms with Crippen molar-refractivity contribution >= 4 is 39.2 Å². The smallest absolute Gasteiger partial charge is 0.276 e. The van der Waals surface area contributed by atoms with E-state index in [1.807, 2.05) is 30.5 Å². The molecular weight excluding hydrogens is 457 g/mol. The summed E-state index contributed by atoms with van der Waals surface area (Å²) >= 11 is 2.52. The van der Waals surface area contributed by atoms with Crippen molar-refractivity contribution in [2.45, 2.75) is 37.9 Å². The summed E-state index contributed by atoms with van der Waals surface area (Å²) in [6, 6.07) is 16.2. The minimum Gasteiger partial charge on any atom is -0.353 e. The molecule has 0 aliphatic carbocycles. The van der Waals surface area contributed by atoms with Gasteiger partial charge in [-0.05, 0) is 67.5 Å². The first kappa shape index (κ1) is 23.2.